The minimum Gasteiger partial charge on any atom is -0.313 e. The number of hydrogen-bond donors (Lipinski definition) is 0. The maximum absolute atomic E-state index is 4.60. The highest BCUT2D eigenvalue weighted by atomic mass is 15.2. The summed E-state index contributed by atoms with van der Waals surface area (Å²) in [6, 6.07) is 35.4. The van der Waals surface area contributed by atoms with Crippen molar-refractivity contribution in [1.29, 1.82) is 0 Å². The van der Waals surface area contributed by atoms with Crippen molar-refractivity contribution < 1.29 is 0 Å². The smallest absolute Gasteiger partial charge is 0.0530 e. The second kappa shape index (κ2) is 11.4. The molecule has 8 rings (SSSR count). The van der Waals surface area contributed by atoms with Gasteiger partial charge in [-0.2, -0.15) is 0 Å². The Morgan fingerprint density at radius 3 is 1.82 bits per heavy atom. The van der Waals surface area contributed by atoms with Crippen LogP contribution in [0.25, 0.3) is 12.2 Å². The quantitative estimate of drug-likeness (QED) is 0.223. The van der Waals surface area contributed by atoms with E-state index in [1.165, 1.54) is 74.0 Å². The van der Waals surface area contributed by atoms with Gasteiger partial charge < -0.3 is 9.80 Å². The van der Waals surface area contributed by atoms with E-state index < -0.39 is 0 Å². The number of rotatable bonds is 6. The topological polar surface area (TPSA) is 6.48 Å². The van der Waals surface area contributed by atoms with Gasteiger partial charge in [-0.25, -0.2) is 0 Å². The largest absolute Gasteiger partial charge is 0.313 e. The van der Waals surface area contributed by atoms with Gasteiger partial charge in [0.05, 0.1) is 11.4 Å². The Morgan fingerprint density at radius 2 is 1.22 bits per heavy atom. The molecule has 2 aliphatic heterocycles. The summed E-state index contributed by atoms with van der Waals surface area (Å²) in [6.07, 6.45) is 19.9. The summed E-state index contributed by atoms with van der Waals surface area (Å²) >= 11 is 0. The lowest BCUT2D eigenvalue weighted by molar-refractivity contribution is 0.900. The van der Waals surface area contributed by atoms with Crippen molar-refractivity contribution in [3.63, 3.8) is 0 Å². The van der Waals surface area contributed by atoms with E-state index in [0.29, 0.717) is 11.8 Å². The normalized spacial score (nSPS) is 19.4. The standard InChI is InChI=1S/C43H38N2/c1-3-34(44-40-19-8-4-13-32(40)24-25-33-14-5-9-20-41(33)44)27-23-30(2)31-15-12-16-35(28-26-31)45-42-21-10-6-17-36(42)38-29-39(38)37-18-7-11-22-43(37)45/h3-11,13-22,24-26,28,38-39H,2,12,23,27,29H2,1H3/b34-3+. The van der Waals surface area contributed by atoms with Gasteiger partial charge in [-0.1, -0.05) is 116 Å². The summed E-state index contributed by atoms with van der Waals surface area (Å²) in [5, 5.41) is 0. The van der Waals surface area contributed by atoms with Crippen LogP contribution < -0.4 is 9.80 Å². The number of allylic oxidation sites excluding steroid dienone is 8. The third kappa shape index (κ3) is 4.91. The van der Waals surface area contributed by atoms with Crippen LogP contribution >= 0.6 is 0 Å². The van der Waals surface area contributed by atoms with Crippen LogP contribution in [0, 0.1) is 0 Å². The van der Waals surface area contributed by atoms with E-state index in [-0.39, 0.29) is 0 Å². The zero-order valence-electron chi connectivity index (χ0n) is 25.9. The molecule has 2 nitrogen and oxygen atoms in total. The summed E-state index contributed by atoms with van der Waals surface area (Å²) in [4.78, 5) is 4.93. The molecule has 0 N–H and O–H groups in total. The molecule has 2 heteroatoms. The predicted octanol–water partition coefficient (Wildman–Crippen LogP) is 11.7. The number of benzene rings is 4. The number of fused-ring (bicyclic) bond motifs is 7. The van der Waals surface area contributed by atoms with Crippen LogP contribution in [0.1, 0.15) is 66.7 Å². The Kier molecular flexibility index (Phi) is 6.99. The Labute approximate surface area is 267 Å². The van der Waals surface area contributed by atoms with Gasteiger partial charge in [-0.05, 0) is 108 Å². The molecule has 0 aromatic heterocycles. The minimum absolute atomic E-state index is 0.621. The number of anilines is 4. The second-order valence-electron chi connectivity index (χ2n) is 12.4. The Morgan fingerprint density at radius 1 is 0.667 bits per heavy atom. The molecular weight excluding hydrogens is 544 g/mol. The first-order valence-corrected chi connectivity index (χ1v) is 16.3. The SMILES string of the molecule is C=C(CC/C(=C\C)N1c2ccccc2C=Cc2ccccc21)C1=CCC=C(N2c3ccccc3C3CC3c3ccccc32)C=C1. The zero-order valence-corrected chi connectivity index (χ0v) is 25.9. The molecule has 4 aliphatic rings. The van der Waals surface area contributed by atoms with E-state index >= 15 is 0 Å². The van der Waals surface area contributed by atoms with Gasteiger partial charge in [0, 0.05) is 22.8 Å². The third-order valence-corrected chi connectivity index (χ3v) is 9.81. The predicted molar refractivity (Wildman–Crippen MR) is 191 cm³/mol. The van der Waals surface area contributed by atoms with Crippen LogP contribution in [-0.2, 0) is 0 Å². The van der Waals surface area contributed by atoms with Crippen LogP contribution in [0.4, 0.5) is 22.7 Å². The fourth-order valence-electron chi connectivity index (χ4n) is 7.44. The first kappa shape index (κ1) is 27.5. The summed E-state index contributed by atoms with van der Waals surface area (Å²) in [7, 11) is 0. The molecule has 220 valence electrons. The number of hydrogen-bond acceptors (Lipinski definition) is 2. The van der Waals surface area contributed by atoms with Crippen LogP contribution in [0.2, 0.25) is 0 Å². The van der Waals surface area contributed by atoms with Crippen LogP contribution in [-0.4, -0.2) is 0 Å². The number of para-hydroxylation sites is 4. The molecule has 0 radical (unpaired) electrons. The molecule has 2 heterocycles. The fraction of sp³-hybridized carbons (Fsp3) is 0.163. The highest BCUT2D eigenvalue weighted by molar-refractivity contribution is 5.90. The summed E-state index contributed by atoms with van der Waals surface area (Å²) in [6.45, 7) is 6.76. The van der Waals surface area contributed by atoms with Crippen molar-refractivity contribution in [3.05, 3.63) is 179 Å². The van der Waals surface area contributed by atoms with E-state index in [1.807, 2.05) is 0 Å². The fourth-order valence-corrected chi connectivity index (χ4v) is 7.44. The van der Waals surface area contributed by atoms with Gasteiger partial charge >= 0.3 is 0 Å². The van der Waals surface area contributed by atoms with Crippen LogP contribution in [0.3, 0.4) is 0 Å². The number of nitrogens with zero attached hydrogens (tertiary/aromatic N) is 2. The zero-order chi connectivity index (χ0) is 30.3. The lowest BCUT2D eigenvalue weighted by Gasteiger charge is -2.30. The van der Waals surface area contributed by atoms with E-state index in [1.54, 1.807) is 0 Å². The first-order valence-electron chi connectivity index (χ1n) is 16.3. The van der Waals surface area contributed by atoms with Gasteiger partial charge in [-0.15, -0.1) is 0 Å². The molecule has 4 aromatic carbocycles. The first-order chi connectivity index (χ1) is 22.2. The average molecular weight is 583 g/mol. The van der Waals surface area contributed by atoms with Crippen molar-refractivity contribution in [1.82, 2.24) is 0 Å². The molecule has 45 heavy (non-hydrogen) atoms. The highest BCUT2D eigenvalue weighted by Gasteiger charge is 2.45. The van der Waals surface area contributed by atoms with Crippen molar-refractivity contribution in [2.24, 2.45) is 0 Å². The van der Waals surface area contributed by atoms with E-state index in [2.05, 4.69) is 163 Å². The van der Waals surface area contributed by atoms with Crippen molar-refractivity contribution in [2.45, 2.75) is 44.4 Å². The maximum atomic E-state index is 4.60. The summed E-state index contributed by atoms with van der Waals surface area (Å²) < 4.78 is 0. The Hall–Kier alpha value is -5.08. The molecule has 2 aliphatic carbocycles. The van der Waals surface area contributed by atoms with Crippen LogP contribution in [0.15, 0.2) is 157 Å². The maximum Gasteiger partial charge on any atom is 0.0530 e. The van der Waals surface area contributed by atoms with Gasteiger partial charge in [0.15, 0.2) is 0 Å². The Bertz CT molecular complexity index is 1860. The van der Waals surface area contributed by atoms with Crippen LogP contribution in [0.5, 0.6) is 0 Å². The summed E-state index contributed by atoms with van der Waals surface area (Å²) in [5.41, 5.74) is 15.4. The molecule has 0 saturated heterocycles. The molecule has 4 aromatic rings. The Balaban J connectivity index is 1.04. The average Bonchev–Trinajstić information content (AvgIpc) is 3.92. The van der Waals surface area contributed by atoms with E-state index in [9.17, 15) is 0 Å². The van der Waals surface area contributed by atoms with Gasteiger partial charge in [0.1, 0.15) is 0 Å². The second-order valence-corrected chi connectivity index (χ2v) is 12.4. The van der Waals surface area contributed by atoms with Gasteiger partial charge in [0.2, 0.25) is 0 Å². The summed E-state index contributed by atoms with van der Waals surface area (Å²) in [5.74, 6) is 1.24. The van der Waals surface area contributed by atoms with Crippen molar-refractivity contribution in [2.75, 3.05) is 9.80 Å². The van der Waals surface area contributed by atoms with Gasteiger partial charge in [-0.3, -0.25) is 0 Å². The monoisotopic (exact) mass is 582 g/mol. The lowest BCUT2D eigenvalue weighted by Crippen LogP contribution is -2.18. The molecule has 0 amide bonds. The van der Waals surface area contributed by atoms with E-state index in [4.69, 9.17) is 0 Å². The van der Waals surface area contributed by atoms with Gasteiger partial charge in [0.25, 0.3) is 0 Å². The lowest BCUT2D eigenvalue weighted by atomic mass is 9.99. The van der Waals surface area contributed by atoms with E-state index in [0.717, 1.165) is 19.3 Å². The molecule has 1 saturated carbocycles. The molecule has 1 fully saturated rings. The molecule has 2 unspecified atom stereocenters. The minimum atomic E-state index is 0.621. The molecule has 0 spiro atoms. The molecule has 2 atom stereocenters. The third-order valence-electron chi connectivity index (χ3n) is 9.81. The van der Waals surface area contributed by atoms with Crippen molar-refractivity contribution in [3.8, 4) is 0 Å². The molecular formula is C43H38N2. The highest BCUT2D eigenvalue weighted by Crippen LogP contribution is 2.62. The van der Waals surface area contributed by atoms with Crippen molar-refractivity contribution >= 4 is 34.9 Å². The molecule has 0 bridgehead atoms.